The third-order valence-electron chi connectivity index (χ3n) is 2.71. The van der Waals surface area contributed by atoms with Gasteiger partial charge in [0.15, 0.2) is 17.5 Å². The van der Waals surface area contributed by atoms with Crippen LogP contribution in [0.25, 0.3) is 0 Å². The molecule has 7 heteroatoms. The summed E-state index contributed by atoms with van der Waals surface area (Å²) in [4.78, 5) is 0. The summed E-state index contributed by atoms with van der Waals surface area (Å²) in [5, 5.41) is 11.7. The van der Waals surface area contributed by atoms with Crippen molar-refractivity contribution in [2.24, 2.45) is 10.9 Å². The van der Waals surface area contributed by atoms with E-state index in [4.69, 9.17) is 27.3 Å². The molecular weight excluding hydrogens is 302 g/mol. The number of oxime groups is 1. The van der Waals surface area contributed by atoms with Crippen LogP contribution >= 0.6 is 11.6 Å². The minimum absolute atomic E-state index is 0.0520. The fourth-order valence-electron chi connectivity index (χ4n) is 1.64. The maximum atomic E-state index is 13.0. The van der Waals surface area contributed by atoms with E-state index in [0.717, 1.165) is 12.1 Å². The van der Waals surface area contributed by atoms with Crippen LogP contribution in [0, 0.1) is 11.6 Å². The molecule has 2 rings (SSSR count). The van der Waals surface area contributed by atoms with Gasteiger partial charge in [0.2, 0.25) is 0 Å². The largest absolute Gasteiger partial charge is 0.489 e. The number of hydrogen-bond acceptors (Lipinski definition) is 3. The molecule has 21 heavy (non-hydrogen) atoms. The number of ether oxygens (including phenoxy) is 1. The van der Waals surface area contributed by atoms with E-state index in [9.17, 15) is 8.78 Å². The molecule has 0 bridgehead atoms. The van der Waals surface area contributed by atoms with Gasteiger partial charge in [-0.3, -0.25) is 0 Å². The van der Waals surface area contributed by atoms with Gasteiger partial charge in [-0.15, -0.1) is 0 Å². The molecule has 0 aliphatic heterocycles. The Kier molecular flexibility index (Phi) is 4.59. The zero-order valence-electron chi connectivity index (χ0n) is 10.7. The van der Waals surface area contributed by atoms with Crippen molar-refractivity contribution in [3.63, 3.8) is 0 Å². The van der Waals surface area contributed by atoms with Gasteiger partial charge in [-0.1, -0.05) is 22.8 Å². The predicted octanol–water partition coefficient (Wildman–Crippen LogP) is 3.29. The number of nitrogens with zero attached hydrogens (tertiary/aromatic N) is 1. The Balaban J connectivity index is 2.10. The highest BCUT2D eigenvalue weighted by atomic mass is 35.5. The first-order valence-electron chi connectivity index (χ1n) is 5.85. The normalized spacial score (nSPS) is 11.5. The highest BCUT2D eigenvalue weighted by Gasteiger charge is 2.08. The number of benzene rings is 2. The molecule has 0 heterocycles. The van der Waals surface area contributed by atoms with Crippen molar-refractivity contribution in [3.8, 4) is 5.75 Å². The highest BCUT2D eigenvalue weighted by Crippen LogP contribution is 2.23. The average Bonchev–Trinajstić information content (AvgIpc) is 2.48. The van der Waals surface area contributed by atoms with E-state index < -0.39 is 11.6 Å². The summed E-state index contributed by atoms with van der Waals surface area (Å²) in [6.45, 7) is 0.0520. The first-order chi connectivity index (χ1) is 10.0. The number of amidine groups is 1. The Bertz CT molecular complexity index is 693. The Morgan fingerprint density at radius 2 is 1.95 bits per heavy atom. The molecule has 0 fully saturated rings. The predicted molar refractivity (Wildman–Crippen MR) is 74.7 cm³/mol. The van der Waals surface area contributed by atoms with Crippen molar-refractivity contribution in [1.82, 2.24) is 0 Å². The summed E-state index contributed by atoms with van der Waals surface area (Å²) in [5.74, 6) is -1.55. The van der Waals surface area contributed by atoms with Crippen molar-refractivity contribution in [2.75, 3.05) is 0 Å². The molecule has 0 atom stereocenters. The van der Waals surface area contributed by atoms with Crippen LogP contribution in [0.4, 0.5) is 8.78 Å². The van der Waals surface area contributed by atoms with E-state index in [-0.39, 0.29) is 17.5 Å². The zero-order valence-corrected chi connectivity index (χ0v) is 11.4. The van der Waals surface area contributed by atoms with Crippen molar-refractivity contribution in [1.29, 1.82) is 0 Å². The molecule has 0 spiro atoms. The van der Waals surface area contributed by atoms with Gasteiger partial charge in [-0.2, -0.15) is 0 Å². The quantitative estimate of drug-likeness (QED) is 0.394. The molecule has 2 aromatic rings. The molecular formula is C14H11ClF2N2O2. The van der Waals surface area contributed by atoms with Gasteiger partial charge in [0, 0.05) is 5.56 Å². The van der Waals surface area contributed by atoms with Gasteiger partial charge in [0.25, 0.3) is 0 Å². The molecule has 0 amide bonds. The molecule has 0 saturated carbocycles. The van der Waals surface area contributed by atoms with Gasteiger partial charge in [-0.05, 0) is 35.9 Å². The number of nitrogens with two attached hydrogens (primary N) is 1. The van der Waals surface area contributed by atoms with Crippen LogP contribution in [-0.2, 0) is 6.61 Å². The Morgan fingerprint density at radius 3 is 2.57 bits per heavy atom. The smallest absolute Gasteiger partial charge is 0.171 e. The minimum Gasteiger partial charge on any atom is -0.489 e. The minimum atomic E-state index is -0.934. The van der Waals surface area contributed by atoms with Crippen LogP contribution in [-0.4, -0.2) is 11.0 Å². The number of halogens is 3. The van der Waals surface area contributed by atoms with Gasteiger partial charge >= 0.3 is 0 Å². The summed E-state index contributed by atoms with van der Waals surface area (Å²) in [6, 6.07) is 8.08. The SMILES string of the molecule is N/C(=N/O)c1ccc(OCc2ccc(F)c(F)c2)cc1Cl. The fraction of sp³-hybridized carbons (Fsp3) is 0.0714. The van der Waals surface area contributed by atoms with Crippen molar-refractivity contribution in [3.05, 3.63) is 64.2 Å². The van der Waals surface area contributed by atoms with E-state index >= 15 is 0 Å². The Labute approximate surface area is 124 Å². The van der Waals surface area contributed by atoms with E-state index in [0.29, 0.717) is 16.9 Å². The average molecular weight is 313 g/mol. The Hall–Kier alpha value is -2.34. The molecule has 0 aliphatic carbocycles. The fourth-order valence-corrected chi connectivity index (χ4v) is 1.91. The van der Waals surface area contributed by atoms with Crippen LogP contribution in [0.3, 0.4) is 0 Å². The highest BCUT2D eigenvalue weighted by molar-refractivity contribution is 6.34. The maximum Gasteiger partial charge on any atom is 0.171 e. The summed E-state index contributed by atoms with van der Waals surface area (Å²) in [7, 11) is 0. The third-order valence-corrected chi connectivity index (χ3v) is 3.03. The second kappa shape index (κ2) is 6.41. The zero-order chi connectivity index (χ0) is 15.4. The van der Waals surface area contributed by atoms with E-state index in [1.165, 1.54) is 18.2 Å². The van der Waals surface area contributed by atoms with E-state index in [1.807, 2.05) is 0 Å². The van der Waals surface area contributed by atoms with E-state index in [1.54, 1.807) is 6.07 Å². The molecule has 0 aromatic heterocycles. The second-order valence-electron chi connectivity index (χ2n) is 4.16. The van der Waals surface area contributed by atoms with Crippen LogP contribution in [0.1, 0.15) is 11.1 Å². The monoisotopic (exact) mass is 312 g/mol. The number of rotatable bonds is 4. The van der Waals surface area contributed by atoms with E-state index in [2.05, 4.69) is 5.16 Å². The topological polar surface area (TPSA) is 67.8 Å². The van der Waals surface area contributed by atoms with Crippen LogP contribution < -0.4 is 10.5 Å². The lowest BCUT2D eigenvalue weighted by atomic mass is 10.2. The summed E-state index contributed by atoms with van der Waals surface area (Å²) in [5.41, 5.74) is 6.28. The first-order valence-corrected chi connectivity index (χ1v) is 6.23. The van der Waals surface area contributed by atoms with Gasteiger partial charge in [-0.25, -0.2) is 8.78 Å². The van der Waals surface area contributed by atoms with Crippen LogP contribution in [0.15, 0.2) is 41.6 Å². The molecule has 0 saturated heterocycles. The van der Waals surface area contributed by atoms with Gasteiger partial charge in [0.05, 0.1) is 5.02 Å². The Morgan fingerprint density at radius 1 is 1.19 bits per heavy atom. The van der Waals surface area contributed by atoms with Gasteiger partial charge < -0.3 is 15.7 Å². The molecule has 0 aliphatic rings. The molecule has 0 radical (unpaired) electrons. The molecule has 3 N–H and O–H groups in total. The van der Waals surface area contributed by atoms with Crippen LogP contribution in [0.5, 0.6) is 5.75 Å². The molecule has 110 valence electrons. The van der Waals surface area contributed by atoms with Crippen molar-refractivity contribution in [2.45, 2.75) is 6.61 Å². The second-order valence-corrected chi connectivity index (χ2v) is 4.57. The lowest BCUT2D eigenvalue weighted by molar-refractivity contribution is 0.305. The van der Waals surface area contributed by atoms with Crippen molar-refractivity contribution >= 4 is 17.4 Å². The lowest BCUT2D eigenvalue weighted by Gasteiger charge is -2.09. The van der Waals surface area contributed by atoms with Crippen molar-refractivity contribution < 1.29 is 18.7 Å². The lowest BCUT2D eigenvalue weighted by Crippen LogP contribution is -2.13. The van der Waals surface area contributed by atoms with Gasteiger partial charge in [0.1, 0.15) is 12.4 Å². The number of hydrogen-bond donors (Lipinski definition) is 2. The standard InChI is InChI=1S/C14H11ClF2N2O2/c15-11-6-9(2-3-10(11)14(18)19-20)21-7-8-1-4-12(16)13(17)5-8/h1-6,20H,7H2,(H2,18,19). The summed E-state index contributed by atoms with van der Waals surface area (Å²) in [6.07, 6.45) is 0. The molecule has 0 unspecified atom stereocenters. The van der Waals surface area contributed by atoms with Crippen LogP contribution in [0.2, 0.25) is 5.02 Å². The summed E-state index contributed by atoms with van der Waals surface area (Å²) < 4.78 is 31.3. The third kappa shape index (κ3) is 3.61. The molecule has 4 nitrogen and oxygen atoms in total. The first kappa shape index (κ1) is 15.1. The molecule has 2 aromatic carbocycles. The maximum absolute atomic E-state index is 13.0. The summed E-state index contributed by atoms with van der Waals surface area (Å²) >= 11 is 5.97.